The maximum absolute atomic E-state index is 10.6. The molecular formula is C8H9NaO2S. The molecule has 12 heavy (non-hydrogen) atoms. The van der Waals surface area contributed by atoms with Gasteiger partial charge in [0.1, 0.15) is 0 Å². The van der Waals surface area contributed by atoms with Crippen LogP contribution in [0.15, 0.2) is 35.7 Å². The van der Waals surface area contributed by atoms with E-state index < -0.39 is 11.1 Å². The third kappa shape index (κ3) is 2.84. The molecule has 0 amide bonds. The summed E-state index contributed by atoms with van der Waals surface area (Å²) in [5.41, 5.74) is 0.702. The van der Waals surface area contributed by atoms with E-state index in [2.05, 4.69) is 6.58 Å². The van der Waals surface area contributed by atoms with Crippen molar-refractivity contribution in [2.75, 3.05) is 0 Å². The second-order valence-corrected chi connectivity index (χ2v) is 2.93. The van der Waals surface area contributed by atoms with Crippen molar-refractivity contribution in [3.05, 3.63) is 36.4 Å². The van der Waals surface area contributed by atoms with Crippen molar-refractivity contribution in [2.45, 2.75) is 4.90 Å². The predicted octanol–water partition coefficient (Wildman–Crippen LogP) is -0.973. The molecule has 0 aliphatic carbocycles. The van der Waals surface area contributed by atoms with E-state index in [0.717, 1.165) is 0 Å². The monoisotopic (exact) mass is 192 g/mol. The molecule has 0 bridgehead atoms. The number of hydrogen-bond donors (Lipinski definition) is 1. The van der Waals surface area contributed by atoms with Gasteiger partial charge in [0.2, 0.25) is 0 Å². The molecule has 0 heterocycles. The van der Waals surface area contributed by atoms with Gasteiger partial charge in [0.05, 0.1) is 4.90 Å². The van der Waals surface area contributed by atoms with Gasteiger partial charge in [0.25, 0.3) is 0 Å². The average molecular weight is 192 g/mol. The van der Waals surface area contributed by atoms with Crippen molar-refractivity contribution < 1.29 is 39.7 Å². The van der Waals surface area contributed by atoms with Gasteiger partial charge in [0.15, 0.2) is 11.1 Å². The van der Waals surface area contributed by atoms with Crippen molar-refractivity contribution in [1.82, 2.24) is 0 Å². The van der Waals surface area contributed by atoms with Gasteiger partial charge in [-0.05, 0) is 11.6 Å². The fraction of sp³-hybridized carbons (Fsp3) is 0. The third-order valence-electron chi connectivity index (χ3n) is 1.33. The molecule has 1 atom stereocenters. The predicted molar refractivity (Wildman–Crippen MR) is 46.7 cm³/mol. The minimum absolute atomic E-state index is 0. The van der Waals surface area contributed by atoms with Gasteiger partial charge in [-0.2, -0.15) is 0 Å². The van der Waals surface area contributed by atoms with Crippen LogP contribution < -0.4 is 29.6 Å². The Bertz CT molecular complexity index is 304. The molecule has 1 aromatic rings. The summed E-state index contributed by atoms with van der Waals surface area (Å²) in [6.45, 7) is 3.53. The van der Waals surface area contributed by atoms with Crippen LogP contribution in [0.2, 0.25) is 0 Å². The second kappa shape index (κ2) is 5.67. The Morgan fingerprint density at radius 3 is 2.50 bits per heavy atom. The molecule has 1 unspecified atom stereocenters. The zero-order chi connectivity index (χ0) is 8.27. The first-order chi connectivity index (χ1) is 5.25. The van der Waals surface area contributed by atoms with Crippen LogP contribution in [0.25, 0.3) is 6.08 Å². The molecule has 2 nitrogen and oxygen atoms in total. The summed E-state index contributed by atoms with van der Waals surface area (Å²) in [5.74, 6) is 0. The van der Waals surface area contributed by atoms with Gasteiger partial charge in [-0.1, -0.05) is 30.9 Å². The van der Waals surface area contributed by atoms with E-state index in [4.69, 9.17) is 4.55 Å². The van der Waals surface area contributed by atoms with Crippen molar-refractivity contribution in [3.8, 4) is 0 Å². The molecule has 0 radical (unpaired) electrons. The van der Waals surface area contributed by atoms with E-state index in [1.807, 2.05) is 0 Å². The average Bonchev–Trinajstić information content (AvgIpc) is 2.04. The molecule has 0 aliphatic rings. The Morgan fingerprint density at radius 1 is 1.50 bits per heavy atom. The summed E-state index contributed by atoms with van der Waals surface area (Å²) in [6.07, 6.45) is 1.56. The minimum Gasteiger partial charge on any atom is -1.00 e. The van der Waals surface area contributed by atoms with Crippen molar-refractivity contribution in [3.63, 3.8) is 0 Å². The third-order valence-corrected chi connectivity index (χ3v) is 2.08. The molecule has 0 spiro atoms. The Kier molecular flexibility index (Phi) is 5.70. The minimum atomic E-state index is -1.91. The van der Waals surface area contributed by atoms with Crippen LogP contribution in [-0.2, 0) is 11.1 Å². The Labute approximate surface area is 97.7 Å². The first kappa shape index (κ1) is 12.1. The van der Waals surface area contributed by atoms with Crippen LogP contribution in [0.1, 0.15) is 6.99 Å². The summed E-state index contributed by atoms with van der Waals surface area (Å²) < 4.78 is 19.4. The molecule has 1 N–H and O–H groups in total. The van der Waals surface area contributed by atoms with Crippen LogP contribution in [0.3, 0.4) is 0 Å². The van der Waals surface area contributed by atoms with Crippen LogP contribution in [0.5, 0.6) is 0 Å². The summed E-state index contributed by atoms with van der Waals surface area (Å²) in [5, 5.41) is 0. The smallest absolute Gasteiger partial charge is 1.00 e. The van der Waals surface area contributed by atoms with Crippen molar-refractivity contribution >= 4 is 17.2 Å². The quantitative estimate of drug-likeness (QED) is 0.483. The summed E-state index contributed by atoms with van der Waals surface area (Å²) in [6, 6.07) is 6.87. The molecule has 0 aromatic heterocycles. The maximum Gasteiger partial charge on any atom is 1.00 e. The number of benzene rings is 1. The van der Waals surface area contributed by atoms with Gasteiger partial charge in [-0.3, -0.25) is 0 Å². The fourth-order valence-electron chi connectivity index (χ4n) is 0.808. The SMILES string of the molecule is C=Cc1ccccc1S(=O)O.[H-].[Na+]. The summed E-state index contributed by atoms with van der Waals surface area (Å²) >= 11 is -1.91. The first-order valence-electron chi connectivity index (χ1n) is 3.08. The Morgan fingerprint density at radius 2 is 2.08 bits per heavy atom. The van der Waals surface area contributed by atoms with E-state index >= 15 is 0 Å². The zero-order valence-corrected chi connectivity index (χ0v) is 9.67. The molecule has 0 saturated carbocycles. The van der Waals surface area contributed by atoms with E-state index in [9.17, 15) is 4.21 Å². The molecule has 1 rings (SSSR count). The number of rotatable bonds is 2. The van der Waals surface area contributed by atoms with E-state index in [0.29, 0.717) is 10.5 Å². The molecule has 0 aliphatic heterocycles. The van der Waals surface area contributed by atoms with E-state index in [1.165, 1.54) is 0 Å². The van der Waals surface area contributed by atoms with Gasteiger partial charge in [0, 0.05) is 0 Å². The van der Waals surface area contributed by atoms with Crippen molar-refractivity contribution in [2.24, 2.45) is 0 Å². The first-order valence-corrected chi connectivity index (χ1v) is 4.18. The molecular weight excluding hydrogens is 183 g/mol. The molecule has 0 saturated heterocycles. The van der Waals surface area contributed by atoms with Crippen LogP contribution >= 0.6 is 0 Å². The van der Waals surface area contributed by atoms with Crippen molar-refractivity contribution in [1.29, 1.82) is 0 Å². The topological polar surface area (TPSA) is 37.3 Å². The van der Waals surface area contributed by atoms with Gasteiger partial charge >= 0.3 is 29.6 Å². The largest absolute Gasteiger partial charge is 1.00 e. The summed E-state index contributed by atoms with van der Waals surface area (Å²) in [7, 11) is 0. The number of hydrogen-bond acceptors (Lipinski definition) is 1. The standard InChI is InChI=1S/C8H8O2S.Na.H/c1-2-7-5-3-4-6-8(7)11(9)10;;/h2-6H,1H2,(H,9,10);;/q;+1;-1. The normalized spacial score (nSPS) is 11.4. The summed E-state index contributed by atoms with van der Waals surface area (Å²) in [4.78, 5) is 0.405. The van der Waals surface area contributed by atoms with Gasteiger partial charge in [-0.15, -0.1) is 0 Å². The van der Waals surface area contributed by atoms with Gasteiger partial charge < -0.3 is 5.98 Å². The fourth-order valence-corrected chi connectivity index (χ4v) is 1.36. The molecule has 0 fully saturated rings. The Hall–Kier alpha value is 0.0700. The Balaban J connectivity index is 0. The zero-order valence-electron chi connectivity index (χ0n) is 7.86. The van der Waals surface area contributed by atoms with Crippen LogP contribution in [0, 0.1) is 0 Å². The maximum atomic E-state index is 10.6. The van der Waals surface area contributed by atoms with E-state index in [1.54, 1.807) is 30.3 Å². The molecule has 60 valence electrons. The second-order valence-electron chi connectivity index (χ2n) is 1.99. The van der Waals surface area contributed by atoms with Gasteiger partial charge in [-0.25, -0.2) is 4.21 Å². The van der Waals surface area contributed by atoms with Crippen LogP contribution in [0.4, 0.5) is 0 Å². The molecule has 4 heteroatoms. The van der Waals surface area contributed by atoms with Crippen LogP contribution in [-0.4, -0.2) is 8.76 Å². The van der Waals surface area contributed by atoms with E-state index in [-0.39, 0.29) is 31.0 Å². The molecule has 1 aromatic carbocycles.